The van der Waals surface area contributed by atoms with Gasteiger partial charge in [0.15, 0.2) is 0 Å². The highest BCUT2D eigenvalue weighted by Crippen LogP contribution is 2.30. The lowest BCUT2D eigenvalue weighted by Gasteiger charge is -2.14. The average molecular weight is 254 g/mol. The molecule has 1 aliphatic carbocycles. The second-order valence-electron chi connectivity index (χ2n) is 4.15. The van der Waals surface area contributed by atoms with Gasteiger partial charge in [-0.05, 0) is 25.5 Å². The number of hydrazine groups is 1. The van der Waals surface area contributed by atoms with Crippen molar-refractivity contribution in [2.45, 2.75) is 30.6 Å². The second-order valence-corrected chi connectivity index (χ2v) is 5.29. The lowest BCUT2D eigenvalue weighted by molar-refractivity contribution is 0.752. The van der Waals surface area contributed by atoms with E-state index in [-0.39, 0.29) is 5.95 Å². The van der Waals surface area contributed by atoms with Crippen molar-refractivity contribution in [3.63, 3.8) is 0 Å². The van der Waals surface area contributed by atoms with Crippen LogP contribution in [0, 0.1) is 0 Å². The van der Waals surface area contributed by atoms with Crippen LogP contribution in [0.2, 0.25) is 0 Å². The monoisotopic (exact) mass is 254 g/mol. The van der Waals surface area contributed by atoms with Crippen molar-refractivity contribution in [2.75, 3.05) is 22.7 Å². The van der Waals surface area contributed by atoms with Gasteiger partial charge in [-0.1, -0.05) is 0 Å². The minimum Gasteiger partial charge on any atom is -0.368 e. The van der Waals surface area contributed by atoms with Gasteiger partial charge in [0.2, 0.25) is 5.95 Å². The summed E-state index contributed by atoms with van der Waals surface area (Å²) in [6, 6.07) is 2.23. The van der Waals surface area contributed by atoms with Gasteiger partial charge in [0.25, 0.3) is 0 Å². The standard InChI is InChI=1S/C10H18N6S/c1-17-7-3-2-6(4-7)13-8-5-9(16-12)15-10(11)14-8/h5-7H,2-4,12H2,1H3,(H4,11,13,14,15,16). The summed E-state index contributed by atoms with van der Waals surface area (Å²) in [5, 5.41) is 4.13. The summed E-state index contributed by atoms with van der Waals surface area (Å²) in [6.45, 7) is 0. The zero-order valence-corrected chi connectivity index (χ0v) is 10.6. The molecule has 0 aliphatic heterocycles. The molecule has 2 rings (SSSR count). The van der Waals surface area contributed by atoms with E-state index in [1.54, 1.807) is 6.07 Å². The van der Waals surface area contributed by atoms with Gasteiger partial charge in [-0.2, -0.15) is 21.7 Å². The number of thioether (sulfide) groups is 1. The van der Waals surface area contributed by atoms with Crippen LogP contribution >= 0.6 is 11.8 Å². The maximum absolute atomic E-state index is 5.60. The molecule has 94 valence electrons. The minimum absolute atomic E-state index is 0.224. The number of nitrogens with zero attached hydrogens (tertiary/aromatic N) is 2. The molecular weight excluding hydrogens is 236 g/mol. The SMILES string of the molecule is CSC1CCC(Nc2cc(NN)nc(N)n2)C1. The number of nitrogens with two attached hydrogens (primary N) is 2. The minimum atomic E-state index is 0.224. The molecule has 6 nitrogen and oxygen atoms in total. The Morgan fingerprint density at radius 3 is 2.76 bits per heavy atom. The van der Waals surface area contributed by atoms with Crippen molar-refractivity contribution in [2.24, 2.45) is 5.84 Å². The zero-order chi connectivity index (χ0) is 12.3. The number of rotatable bonds is 4. The Labute approximate surface area is 105 Å². The molecule has 1 heterocycles. The van der Waals surface area contributed by atoms with Crippen LogP contribution in [0.1, 0.15) is 19.3 Å². The summed E-state index contributed by atoms with van der Waals surface area (Å²) >= 11 is 1.93. The Kier molecular flexibility index (Phi) is 3.90. The first kappa shape index (κ1) is 12.3. The summed E-state index contributed by atoms with van der Waals surface area (Å²) in [7, 11) is 0. The van der Waals surface area contributed by atoms with E-state index >= 15 is 0 Å². The van der Waals surface area contributed by atoms with Crippen LogP contribution in [0.4, 0.5) is 17.6 Å². The quantitative estimate of drug-likeness (QED) is 0.470. The third-order valence-corrected chi connectivity index (χ3v) is 4.06. The molecule has 1 fully saturated rings. The summed E-state index contributed by atoms with van der Waals surface area (Å²) in [5.74, 6) is 6.80. The third kappa shape index (κ3) is 3.13. The van der Waals surface area contributed by atoms with Crippen molar-refractivity contribution in [3.8, 4) is 0 Å². The topological polar surface area (TPSA) is 102 Å². The fourth-order valence-corrected chi connectivity index (χ4v) is 2.90. The maximum atomic E-state index is 5.60. The van der Waals surface area contributed by atoms with Crippen molar-refractivity contribution in [1.82, 2.24) is 9.97 Å². The number of nitrogen functional groups attached to an aromatic ring is 2. The fourth-order valence-electron chi connectivity index (χ4n) is 2.11. The summed E-state index contributed by atoms with van der Waals surface area (Å²) in [5.41, 5.74) is 8.08. The second kappa shape index (κ2) is 5.42. The molecule has 1 saturated carbocycles. The molecule has 6 N–H and O–H groups in total. The molecule has 7 heteroatoms. The first-order valence-corrected chi connectivity index (χ1v) is 6.90. The number of hydrogen-bond donors (Lipinski definition) is 4. The smallest absolute Gasteiger partial charge is 0.223 e. The van der Waals surface area contributed by atoms with E-state index in [9.17, 15) is 0 Å². The van der Waals surface area contributed by atoms with E-state index in [0.717, 1.165) is 17.5 Å². The van der Waals surface area contributed by atoms with Crippen molar-refractivity contribution in [1.29, 1.82) is 0 Å². The Morgan fingerprint density at radius 1 is 1.35 bits per heavy atom. The maximum Gasteiger partial charge on any atom is 0.223 e. The molecule has 0 amide bonds. The van der Waals surface area contributed by atoms with Gasteiger partial charge in [0, 0.05) is 17.4 Å². The highest BCUT2D eigenvalue weighted by Gasteiger charge is 2.24. The summed E-state index contributed by atoms with van der Waals surface area (Å²) < 4.78 is 0. The number of anilines is 3. The Balaban J connectivity index is 2.01. The van der Waals surface area contributed by atoms with Gasteiger partial charge in [-0.25, -0.2) is 5.84 Å². The number of hydrogen-bond acceptors (Lipinski definition) is 7. The molecule has 2 unspecified atom stereocenters. The predicted molar refractivity (Wildman–Crippen MR) is 72.8 cm³/mol. The van der Waals surface area contributed by atoms with Gasteiger partial charge >= 0.3 is 0 Å². The van der Waals surface area contributed by atoms with Crippen molar-refractivity contribution < 1.29 is 0 Å². The Bertz CT molecular complexity index is 385. The molecule has 0 saturated heterocycles. The van der Waals surface area contributed by atoms with Crippen LogP contribution in [-0.4, -0.2) is 27.5 Å². The van der Waals surface area contributed by atoms with Crippen LogP contribution in [0.15, 0.2) is 6.07 Å². The van der Waals surface area contributed by atoms with Crippen LogP contribution in [0.5, 0.6) is 0 Å². The van der Waals surface area contributed by atoms with Crippen LogP contribution in [0.25, 0.3) is 0 Å². The third-order valence-electron chi connectivity index (χ3n) is 2.96. The molecule has 0 radical (unpaired) electrons. The average Bonchev–Trinajstić information content (AvgIpc) is 2.76. The molecule has 0 spiro atoms. The first-order valence-electron chi connectivity index (χ1n) is 5.61. The fraction of sp³-hybridized carbons (Fsp3) is 0.600. The number of aromatic nitrogens is 2. The Hall–Kier alpha value is -1.21. The molecule has 1 aliphatic rings. The van der Waals surface area contributed by atoms with Gasteiger partial charge < -0.3 is 16.5 Å². The number of nitrogens with one attached hydrogen (secondary N) is 2. The van der Waals surface area contributed by atoms with Gasteiger partial charge in [0.1, 0.15) is 11.6 Å². The van der Waals surface area contributed by atoms with Gasteiger partial charge in [-0.3, -0.25) is 0 Å². The van der Waals surface area contributed by atoms with Crippen LogP contribution < -0.4 is 22.3 Å². The molecule has 17 heavy (non-hydrogen) atoms. The van der Waals surface area contributed by atoms with E-state index < -0.39 is 0 Å². The van der Waals surface area contributed by atoms with Crippen molar-refractivity contribution in [3.05, 3.63) is 6.07 Å². The molecule has 1 aromatic rings. The Morgan fingerprint density at radius 2 is 2.12 bits per heavy atom. The molecule has 1 aromatic heterocycles. The highest BCUT2D eigenvalue weighted by molar-refractivity contribution is 7.99. The summed E-state index contributed by atoms with van der Waals surface area (Å²) in [4.78, 5) is 8.09. The summed E-state index contributed by atoms with van der Waals surface area (Å²) in [6.07, 6.45) is 5.74. The molecule has 0 bridgehead atoms. The first-order chi connectivity index (χ1) is 8.21. The zero-order valence-electron chi connectivity index (χ0n) is 9.81. The molecule has 2 atom stereocenters. The van der Waals surface area contributed by atoms with Crippen LogP contribution in [0.3, 0.4) is 0 Å². The van der Waals surface area contributed by atoms with Crippen molar-refractivity contribution >= 4 is 29.3 Å². The van der Waals surface area contributed by atoms with Gasteiger partial charge in [-0.15, -0.1) is 0 Å². The lowest BCUT2D eigenvalue weighted by atomic mass is 10.2. The van der Waals surface area contributed by atoms with Gasteiger partial charge in [0.05, 0.1) is 0 Å². The molecule has 0 aromatic carbocycles. The normalized spacial score (nSPS) is 23.6. The largest absolute Gasteiger partial charge is 0.368 e. The highest BCUT2D eigenvalue weighted by atomic mass is 32.2. The van der Waals surface area contributed by atoms with E-state index in [1.807, 2.05) is 11.8 Å². The van der Waals surface area contributed by atoms with Crippen LogP contribution in [-0.2, 0) is 0 Å². The van der Waals surface area contributed by atoms with E-state index in [0.29, 0.717) is 11.9 Å². The van der Waals surface area contributed by atoms with E-state index in [4.69, 9.17) is 11.6 Å². The van der Waals surface area contributed by atoms with E-state index in [2.05, 4.69) is 27.0 Å². The molecular formula is C10H18N6S. The lowest BCUT2D eigenvalue weighted by Crippen LogP contribution is -2.18. The van der Waals surface area contributed by atoms with E-state index in [1.165, 1.54) is 12.8 Å². The predicted octanol–water partition coefficient (Wildman–Crippen LogP) is 1.04.